The Bertz CT molecular complexity index is 1240. The van der Waals surface area contributed by atoms with Crippen molar-refractivity contribution in [1.29, 1.82) is 0 Å². The smallest absolute Gasteiger partial charge is 0.255 e. The van der Waals surface area contributed by atoms with E-state index in [1.807, 2.05) is 42.5 Å². The molecule has 0 aliphatic heterocycles. The third kappa shape index (κ3) is 5.78. The summed E-state index contributed by atoms with van der Waals surface area (Å²) in [5.74, 6) is 0.918. The number of thioether (sulfide) groups is 1. The molecule has 1 heterocycles. The number of aromatic amines is 1. The van der Waals surface area contributed by atoms with Gasteiger partial charge in [-0.25, -0.2) is 4.98 Å². The molecule has 0 aliphatic carbocycles. The predicted octanol–water partition coefficient (Wildman–Crippen LogP) is 4.46. The van der Waals surface area contributed by atoms with Crippen molar-refractivity contribution in [3.05, 3.63) is 84.4 Å². The van der Waals surface area contributed by atoms with Crippen LogP contribution in [-0.4, -0.2) is 39.9 Å². The third-order valence-corrected chi connectivity index (χ3v) is 5.48. The first kappa shape index (κ1) is 22.1. The minimum atomic E-state index is -0.272. The summed E-state index contributed by atoms with van der Waals surface area (Å²) < 4.78 is 5.25. The molecule has 166 valence electrons. The molecule has 0 fully saturated rings. The maximum absolute atomic E-state index is 12.5. The van der Waals surface area contributed by atoms with Crippen molar-refractivity contribution < 1.29 is 14.3 Å². The Morgan fingerprint density at radius 3 is 2.42 bits per heavy atom. The first-order valence-corrected chi connectivity index (χ1v) is 11.1. The molecule has 9 heteroatoms. The highest BCUT2D eigenvalue weighted by Crippen LogP contribution is 2.24. The van der Waals surface area contributed by atoms with Crippen LogP contribution < -0.4 is 15.4 Å². The van der Waals surface area contributed by atoms with Crippen molar-refractivity contribution in [2.45, 2.75) is 5.16 Å². The monoisotopic (exact) mass is 459 g/mol. The zero-order valence-electron chi connectivity index (χ0n) is 17.7. The van der Waals surface area contributed by atoms with E-state index < -0.39 is 0 Å². The van der Waals surface area contributed by atoms with Gasteiger partial charge in [0.25, 0.3) is 5.91 Å². The van der Waals surface area contributed by atoms with Gasteiger partial charge in [0.15, 0.2) is 5.82 Å². The van der Waals surface area contributed by atoms with Gasteiger partial charge in [0.05, 0.1) is 18.6 Å². The Kier molecular flexibility index (Phi) is 7.01. The predicted molar refractivity (Wildman–Crippen MR) is 129 cm³/mol. The van der Waals surface area contributed by atoms with E-state index in [-0.39, 0.29) is 17.6 Å². The molecule has 1 aromatic heterocycles. The maximum Gasteiger partial charge on any atom is 0.255 e. The Morgan fingerprint density at radius 1 is 0.939 bits per heavy atom. The number of H-pyrrole nitrogens is 1. The number of hydrogen-bond acceptors (Lipinski definition) is 6. The minimum absolute atomic E-state index is 0.155. The standard InChI is InChI=1S/C24H21N5O3S/c1-32-20-10-6-5-9-19(20)26-23(31)17-11-13-18(14-12-17)25-21(30)15-33-24-27-22(28-29-24)16-7-3-2-4-8-16/h2-14H,15H2,1H3,(H,25,30)(H,26,31)(H,27,28,29). The van der Waals surface area contributed by atoms with Gasteiger partial charge in [-0.05, 0) is 36.4 Å². The second-order valence-corrected chi connectivity index (χ2v) is 7.84. The molecule has 4 aromatic rings. The molecule has 8 nitrogen and oxygen atoms in total. The van der Waals surface area contributed by atoms with E-state index in [1.54, 1.807) is 43.5 Å². The van der Waals surface area contributed by atoms with Crippen LogP contribution in [0.4, 0.5) is 11.4 Å². The SMILES string of the molecule is COc1ccccc1NC(=O)c1ccc(NC(=O)CSc2n[nH]c(-c3ccccc3)n2)cc1. The van der Waals surface area contributed by atoms with Crippen LogP contribution >= 0.6 is 11.8 Å². The van der Waals surface area contributed by atoms with Gasteiger partial charge in [-0.2, -0.15) is 0 Å². The van der Waals surface area contributed by atoms with Crippen molar-refractivity contribution >= 4 is 35.0 Å². The van der Waals surface area contributed by atoms with Gasteiger partial charge in [0.1, 0.15) is 5.75 Å². The molecule has 0 unspecified atom stereocenters. The van der Waals surface area contributed by atoms with Crippen molar-refractivity contribution in [2.24, 2.45) is 0 Å². The number of amides is 2. The fourth-order valence-corrected chi connectivity index (χ4v) is 3.61. The van der Waals surface area contributed by atoms with Crippen LogP contribution in [0.15, 0.2) is 84.0 Å². The van der Waals surface area contributed by atoms with Gasteiger partial charge in [-0.3, -0.25) is 14.7 Å². The molecule has 3 N–H and O–H groups in total. The molecule has 0 radical (unpaired) electrons. The Morgan fingerprint density at radius 2 is 1.67 bits per heavy atom. The molecule has 33 heavy (non-hydrogen) atoms. The lowest BCUT2D eigenvalue weighted by Gasteiger charge is -2.10. The van der Waals surface area contributed by atoms with Crippen LogP contribution in [0.3, 0.4) is 0 Å². The number of methoxy groups -OCH3 is 1. The maximum atomic E-state index is 12.5. The summed E-state index contributed by atoms with van der Waals surface area (Å²) in [5, 5.41) is 13.1. The van der Waals surface area contributed by atoms with Gasteiger partial charge < -0.3 is 15.4 Å². The molecule has 3 aromatic carbocycles. The summed E-state index contributed by atoms with van der Waals surface area (Å²) in [6.07, 6.45) is 0. The lowest BCUT2D eigenvalue weighted by molar-refractivity contribution is -0.113. The average molecular weight is 460 g/mol. The zero-order chi connectivity index (χ0) is 23.0. The number of carbonyl (C=O) groups is 2. The molecule has 0 bridgehead atoms. The number of ether oxygens (including phenoxy) is 1. The molecular weight excluding hydrogens is 438 g/mol. The molecule has 0 spiro atoms. The van der Waals surface area contributed by atoms with Crippen LogP contribution in [0.2, 0.25) is 0 Å². The molecule has 2 amide bonds. The summed E-state index contributed by atoms with van der Waals surface area (Å²) in [6, 6.07) is 23.5. The van der Waals surface area contributed by atoms with Gasteiger partial charge in [-0.1, -0.05) is 54.2 Å². The number of aromatic nitrogens is 3. The van der Waals surface area contributed by atoms with Crippen molar-refractivity contribution in [1.82, 2.24) is 15.2 Å². The van der Waals surface area contributed by atoms with Crippen molar-refractivity contribution in [2.75, 3.05) is 23.5 Å². The van der Waals surface area contributed by atoms with Crippen molar-refractivity contribution in [3.63, 3.8) is 0 Å². The lowest BCUT2D eigenvalue weighted by atomic mass is 10.2. The first-order chi connectivity index (χ1) is 16.1. The molecule has 0 atom stereocenters. The van der Waals surface area contributed by atoms with Gasteiger partial charge in [-0.15, -0.1) is 5.10 Å². The third-order valence-electron chi connectivity index (χ3n) is 4.63. The molecular formula is C24H21N5O3S. The van der Waals surface area contributed by atoms with Crippen LogP contribution in [0.25, 0.3) is 11.4 Å². The fourth-order valence-electron chi connectivity index (χ4n) is 3.01. The number of hydrogen-bond donors (Lipinski definition) is 3. The highest BCUT2D eigenvalue weighted by molar-refractivity contribution is 7.99. The second kappa shape index (κ2) is 10.5. The number of rotatable bonds is 8. The summed E-state index contributed by atoms with van der Waals surface area (Å²) in [6.45, 7) is 0. The normalized spacial score (nSPS) is 10.5. The second-order valence-electron chi connectivity index (χ2n) is 6.90. The quantitative estimate of drug-likeness (QED) is 0.336. The number of nitrogens with one attached hydrogen (secondary N) is 3. The molecule has 4 rings (SSSR count). The molecule has 0 aliphatic rings. The summed E-state index contributed by atoms with van der Waals surface area (Å²) in [5.41, 5.74) is 2.56. The fraction of sp³-hybridized carbons (Fsp3) is 0.0833. The first-order valence-electron chi connectivity index (χ1n) is 10.1. The van der Waals surface area contributed by atoms with E-state index in [1.165, 1.54) is 11.8 Å². The number of benzene rings is 3. The minimum Gasteiger partial charge on any atom is -0.495 e. The number of carbonyl (C=O) groups excluding carboxylic acids is 2. The van der Waals surface area contributed by atoms with Crippen LogP contribution in [0, 0.1) is 0 Å². The number of para-hydroxylation sites is 2. The average Bonchev–Trinajstić information content (AvgIpc) is 3.33. The zero-order valence-corrected chi connectivity index (χ0v) is 18.6. The van der Waals surface area contributed by atoms with Gasteiger partial charge >= 0.3 is 0 Å². The Hall–Kier alpha value is -4.11. The van der Waals surface area contributed by atoms with Crippen molar-refractivity contribution in [3.8, 4) is 17.1 Å². The highest BCUT2D eigenvalue weighted by Gasteiger charge is 2.11. The van der Waals surface area contributed by atoms with E-state index in [0.717, 1.165) is 5.56 Å². The van der Waals surface area contributed by atoms with Crippen LogP contribution in [0.5, 0.6) is 5.75 Å². The van der Waals surface area contributed by atoms with E-state index >= 15 is 0 Å². The van der Waals surface area contributed by atoms with E-state index in [2.05, 4.69) is 25.8 Å². The summed E-state index contributed by atoms with van der Waals surface area (Å²) >= 11 is 1.23. The highest BCUT2D eigenvalue weighted by atomic mass is 32.2. The molecule has 0 saturated heterocycles. The van der Waals surface area contributed by atoms with E-state index in [4.69, 9.17) is 4.74 Å². The van der Waals surface area contributed by atoms with E-state index in [0.29, 0.717) is 33.7 Å². The van der Waals surface area contributed by atoms with Gasteiger partial charge in [0.2, 0.25) is 11.1 Å². The van der Waals surface area contributed by atoms with E-state index in [9.17, 15) is 9.59 Å². The van der Waals surface area contributed by atoms with Gasteiger partial charge in [0, 0.05) is 16.8 Å². The number of anilines is 2. The largest absolute Gasteiger partial charge is 0.495 e. The Balaban J connectivity index is 1.29. The lowest BCUT2D eigenvalue weighted by Crippen LogP contribution is -2.15. The number of nitrogens with zero attached hydrogens (tertiary/aromatic N) is 2. The Labute approximate surface area is 194 Å². The topological polar surface area (TPSA) is 109 Å². The van der Waals surface area contributed by atoms with Crippen LogP contribution in [0.1, 0.15) is 10.4 Å². The van der Waals surface area contributed by atoms with Crippen LogP contribution in [-0.2, 0) is 4.79 Å². The molecule has 0 saturated carbocycles. The summed E-state index contributed by atoms with van der Waals surface area (Å²) in [4.78, 5) is 29.2. The summed E-state index contributed by atoms with van der Waals surface area (Å²) in [7, 11) is 1.55.